The van der Waals surface area contributed by atoms with Crippen LogP contribution in [0.2, 0.25) is 19.6 Å². The van der Waals surface area contributed by atoms with E-state index < -0.39 is 25.6 Å². The van der Waals surface area contributed by atoms with E-state index in [0.717, 1.165) is 25.7 Å². The maximum Gasteiger partial charge on any atom is 0.307 e. The summed E-state index contributed by atoms with van der Waals surface area (Å²) in [7, 11) is -1.57. The monoisotopic (exact) mass is 430 g/mol. The molecular formula is C25H38O4Si. The number of hydrogen-bond donors (Lipinski definition) is 2. The highest BCUT2D eigenvalue weighted by Gasteiger charge is 2.35. The van der Waals surface area contributed by atoms with Crippen molar-refractivity contribution in [3.63, 3.8) is 0 Å². The van der Waals surface area contributed by atoms with Gasteiger partial charge in [-0.1, -0.05) is 57.3 Å². The molecule has 0 unspecified atom stereocenters. The largest absolute Gasteiger partial charge is 0.481 e. The number of carbonyl (C=O) groups is 2. The summed E-state index contributed by atoms with van der Waals surface area (Å²) in [5.74, 6) is 7.37. The first-order valence-corrected chi connectivity index (χ1v) is 14.7. The van der Waals surface area contributed by atoms with E-state index in [1.54, 1.807) is 6.08 Å². The molecule has 0 aromatic carbocycles. The van der Waals surface area contributed by atoms with Gasteiger partial charge in [0.2, 0.25) is 0 Å². The van der Waals surface area contributed by atoms with Crippen LogP contribution in [0.5, 0.6) is 0 Å². The van der Waals surface area contributed by atoms with Crippen molar-refractivity contribution in [1.82, 2.24) is 0 Å². The van der Waals surface area contributed by atoms with Crippen LogP contribution in [0.3, 0.4) is 0 Å². The summed E-state index contributed by atoms with van der Waals surface area (Å²) >= 11 is 0. The summed E-state index contributed by atoms with van der Waals surface area (Å²) in [5.41, 5.74) is 2.17. The molecule has 0 bridgehead atoms. The molecule has 0 saturated heterocycles. The number of aliphatic carboxylic acids is 1. The molecule has 5 heteroatoms. The van der Waals surface area contributed by atoms with Gasteiger partial charge in [0.05, 0.1) is 5.92 Å². The normalized spacial score (nSPS) is 19.5. The van der Waals surface area contributed by atoms with Crippen molar-refractivity contribution in [2.75, 3.05) is 0 Å². The number of unbranched alkanes of at least 4 members (excludes halogenated alkanes) is 2. The molecule has 1 saturated carbocycles. The van der Waals surface area contributed by atoms with Crippen LogP contribution in [0, 0.1) is 35.1 Å². The number of Topliss-reactive ketones (excluding diaryl/α,β-unsaturated/α-hetero) is 1. The van der Waals surface area contributed by atoms with E-state index in [1.807, 2.05) is 6.08 Å². The molecule has 2 N–H and O–H groups in total. The van der Waals surface area contributed by atoms with Gasteiger partial charge in [-0.2, -0.15) is 0 Å². The summed E-state index contributed by atoms with van der Waals surface area (Å²) in [6.07, 6.45) is 10.7. The maximum atomic E-state index is 11.9. The molecule has 0 spiro atoms. The first kappa shape index (κ1) is 26.2. The van der Waals surface area contributed by atoms with Gasteiger partial charge in [0.25, 0.3) is 0 Å². The van der Waals surface area contributed by atoms with E-state index in [1.165, 1.54) is 0 Å². The van der Waals surface area contributed by atoms with Gasteiger partial charge in [-0.25, -0.2) is 0 Å². The minimum atomic E-state index is -1.57. The van der Waals surface area contributed by atoms with E-state index in [9.17, 15) is 19.8 Å². The van der Waals surface area contributed by atoms with Crippen molar-refractivity contribution in [2.24, 2.45) is 11.8 Å². The van der Waals surface area contributed by atoms with Crippen molar-refractivity contribution in [3.8, 4) is 23.3 Å². The van der Waals surface area contributed by atoms with Gasteiger partial charge in [0.1, 0.15) is 19.5 Å². The summed E-state index contributed by atoms with van der Waals surface area (Å²) in [6, 6.07) is 0. The topological polar surface area (TPSA) is 74.6 Å². The van der Waals surface area contributed by atoms with Crippen molar-refractivity contribution in [2.45, 2.75) is 96.4 Å². The first-order valence-electron chi connectivity index (χ1n) is 11.2. The SMILES string of the molecule is CCCCC[C@](O)(C#C[Si](C)(C)C)/C=C/CC#CCC[C@H](C(=O)O)[C@H]1CCCC1=O. The van der Waals surface area contributed by atoms with Crippen LogP contribution in [-0.2, 0) is 9.59 Å². The molecule has 30 heavy (non-hydrogen) atoms. The molecule has 3 atom stereocenters. The molecule has 0 radical (unpaired) electrons. The van der Waals surface area contributed by atoms with Crippen molar-refractivity contribution >= 4 is 19.8 Å². The van der Waals surface area contributed by atoms with Crippen molar-refractivity contribution in [3.05, 3.63) is 12.2 Å². The standard InChI is InChI=1S/C25H38O4Si/c1-5-6-11-17-25(29,19-20-30(2,3)4)18-12-9-7-8-10-14-22(24(27)28)21-15-13-16-23(21)26/h12,18,21-22,29H,5-6,9-11,13-17H2,1-4H3,(H,27,28)/b18-12+/t21-,22+,25-/m1/s1. The van der Waals surface area contributed by atoms with Crippen LogP contribution in [-0.4, -0.2) is 35.6 Å². The van der Waals surface area contributed by atoms with Gasteiger partial charge in [-0.15, -0.1) is 11.5 Å². The third-order valence-electron chi connectivity index (χ3n) is 5.29. The van der Waals surface area contributed by atoms with Crippen LogP contribution < -0.4 is 0 Å². The molecule has 4 nitrogen and oxygen atoms in total. The predicted octanol–water partition coefficient (Wildman–Crippen LogP) is 4.98. The molecule has 0 heterocycles. The number of allylic oxidation sites excluding steroid dienone is 1. The lowest BCUT2D eigenvalue weighted by Gasteiger charge is -2.19. The van der Waals surface area contributed by atoms with Crippen LogP contribution in [0.15, 0.2) is 12.2 Å². The van der Waals surface area contributed by atoms with E-state index >= 15 is 0 Å². The predicted molar refractivity (Wildman–Crippen MR) is 124 cm³/mol. The van der Waals surface area contributed by atoms with E-state index in [-0.39, 0.29) is 11.7 Å². The van der Waals surface area contributed by atoms with E-state index in [2.05, 4.69) is 49.9 Å². The Morgan fingerprint density at radius 2 is 2.03 bits per heavy atom. The lowest BCUT2D eigenvalue weighted by molar-refractivity contribution is -0.146. The average molecular weight is 431 g/mol. The van der Waals surface area contributed by atoms with Gasteiger partial charge in [-0.3, -0.25) is 9.59 Å². The molecule has 1 fully saturated rings. The maximum absolute atomic E-state index is 11.9. The van der Waals surface area contributed by atoms with Crippen LogP contribution >= 0.6 is 0 Å². The molecule has 0 aliphatic heterocycles. The minimum absolute atomic E-state index is 0.0834. The number of carboxylic acids is 1. The molecule has 0 amide bonds. The highest BCUT2D eigenvalue weighted by Crippen LogP contribution is 2.31. The minimum Gasteiger partial charge on any atom is -0.481 e. The Morgan fingerprint density at radius 3 is 2.60 bits per heavy atom. The number of rotatable bonds is 10. The number of carboxylic acid groups (broad SMARTS) is 1. The van der Waals surface area contributed by atoms with Crippen LogP contribution in [0.25, 0.3) is 0 Å². The second-order valence-electron chi connectivity index (χ2n) is 9.29. The fourth-order valence-corrected chi connectivity index (χ4v) is 4.19. The van der Waals surface area contributed by atoms with Crippen molar-refractivity contribution in [1.29, 1.82) is 0 Å². The molecular weight excluding hydrogens is 392 g/mol. The van der Waals surface area contributed by atoms with E-state index in [0.29, 0.717) is 38.5 Å². The second-order valence-corrected chi connectivity index (χ2v) is 14.0. The van der Waals surface area contributed by atoms with E-state index in [4.69, 9.17) is 0 Å². The fraction of sp³-hybridized carbons (Fsp3) is 0.680. The highest BCUT2D eigenvalue weighted by molar-refractivity contribution is 6.83. The van der Waals surface area contributed by atoms with Crippen molar-refractivity contribution < 1.29 is 19.8 Å². The zero-order chi connectivity index (χ0) is 22.6. The molecule has 1 aliphatic carbocycles. The van der Waals surface area contributed by atoms with Gasteiger partial charge in [0.15, 0.2) is 0 Å². The summed E-state index contributed by atoms with van der Waals surface area (Å²) in [5, 5.41) is 20.3. The Morgan fingerprint density at radius 1 is 1.30 bits per heavy atom. The summed E-state index contributed by atoms with van der Waals surface area (Å²) in [4.78, 5) is 23.4. The molecule has 1 rings (SSSR count). The Kier molecular flexibility index (Phi) is 11.2. The molecule has 166 valence electrons. The smallest absolute Gasteiger partial charge is 0.307 e. The second kappa shape index (κ2) is 12.8. The number of hydrogen-bond acceptors (Lipinski definition) is 3. The Balaban J connectivity index is 2.61. The summed E-state index contributed by atoms with van der Waals surface area (Å²) < 4.78 is 0. The molecule has 1 aliphatic rings. The lowest BCUT2D eigenvalue weighted by Crippen LogP contribution is -2.26. The van der Waals surface area contributed by atoms with Gasteiger partial charge in [-0.05, 0) is 38.2 Å². The number of ketones is 1. The molecule has 0 aromatic rings. The lowest BCUT2D eigenvalue weighted by atomic mass is 9.86. The zero-order valence-corrected chi connectivity index (χ0v) is 20.1. The Hall–Kier alpha value is -1.82. The Bertz CT molecular complexity index is 726. The van der Waals surface area contributed by atoms with Crippen LogP contribution in [0.4, 0.5) is 0 Å². The fourth-order valence-electron chi connectivity index (χ4n) is 3.59. The average Bonchev–Trinajstić information content (AvgIpc) is 3.07. The van der Waals surface area contributed by atoms with Crippen LogP contribution in [0.1, 0.15) is 71.1 Å². The molecule has 0 aromatic heterocycles. The Labute approximate surface area is 183 Å². The quantitative estimate of drug-likeness (QED) is 0.222. The number of carbonyl (C=O) groups excluding carboxylic acids is 1. The zero-order valence-electron chi connectivity index (χ0n) is 19.1. The number of aliphatic hydroxyl groups is 1. The first-order chi connectivity index (χ1) is 14.1. The van der Waals surface area contributed by atoms with Gasteiger partial charge < -0.3 is 10.2 Å². The third kappa shape index (κ3) is 10.3. The van der Waals surface area contributed by atoms with Gasteiger partial charge >= 0.3 is 5.97 Å². The third-order valence-corrected chi connectivity index (χ3v) is 6.16. The summed E-state index contributed by atoms with van der Waals surface area (Å²) in [6.45, 7) is 8.61. The van der Waals surface area contributed by atoms with Gasteiger partial charge in [0, 0.05) is 25.2 Å². The highest BCUT2D eigenvalue weighted by atomic mass is 28.3.